The zero-order valence-corrected chi connectivity index (χ0v) is 17.0. The van der Waals surface area contributed by atoms with Crippen molar-refractivity contribution in [2.24, 2.45) is 12.5 Å². The molecule has 2 N–H and O–H groups in total. The minimum Gasteiger partial charge on any atom is -0.343 e. The van der Waals surface area contributed by atoms with Crippen LogP contribution in [0.5, 0.6) is 0 Å². The smallest absolute Gasteiger partial charge is 0.259 e. The Morgan fingerprint density at radius 3 is 2.58 bits per heavy atom. The van der Waals surface area contributed by atoms with E-state index in [0.717, 1.165) is 39.0 Å². The maximum absolute atomic E-state index is 12.3. The van der Waals surface area contributed by atoms with E-state index in [-0.39, 0.29) is 36.3 Å². The van der Waals surface area contributed by atoms with E-state index in [1.807, 2.05) is 4.90 Å². The predicted molar refractivity (Wildman–Crippen MR) is 101 cm³/mol. The summed E-state index contributed by atoms with van der Waals surface area (Å²) in [6, 6.07) is 0. The van der Waals surface area contributed by atoms with Crippen LogP contribution in [0.3, 0.4) is 0 Å². The Bertz CT molecular complexity index is 714. The van der Waals surface area contributed by atoms with E-state index in [0.29, 0.717) is 11.2 Å². The molecule has 0 unspecified atom stereocenters. The van der Waals surface area contributed by atoms with Crippen LogP contribution in [-0.4, -0.2) is 61.5 Å². The van der Waals surface area contributed by atoms with Gasteiger partial charge in [0.1, 0.15) is 5.82 Å². The summed E-state index contributed by atoms with van der Waals surface area (Å²) in [5, 5.41) is 3.41. The lowest BCUT2D eigenvalue weighted by atomic mass is 9.78. The summed E-state index contributed by atoms with van der Waals surface area (Å²) >= 11 is 0. The fraction of sp³-hybridized carbons (Fsp3) is 0.750. The average molecular weight is 406 g/mol. The number of nitrogens with one attached hydrogen (secondary N) is 2. The van der Waals surface area contributed by atoms with Crippen LogP contribution in [-0.2, 0) is 21.9 Å². The first kappa shape index (κ1) is 21.1. The van der Waals surface area contributed by atoms with Gasteiger partial charge in [0.2, 0.25) is 5.91 Å². The Morgan fingerprint density at radius 2 is 2.04 bits per heavy atom. The molecule has 0 aliphatic carbocycles. The van der Waals surface area contributed by atoms with Gasteiger partial charge in [0, 0.05) is 45.8 Å². The van der Waals surface area contributed by atoms with Crippen LogP contribution in [0, 0.1) is 12.3 Å². The van der Waals surface area contributed by atoms with Crippen molar-refractivity contribution in [3.8, 4) is 0 Å². The molecule has 26 heavy (non-hydrogen) atoms. The average Bonchev–Trinajstić information content (AvgIpc) is 3.16. The Kier molecular flexibility index (Phi) is 6.70. The molecule has 3 heterocycles. The molecule has 148 valence electrons. The van der Waals surface area contributed by atoms with Gasteiger partial charge < -0.3 is 14.8 Å². The molecule has 1 spiro atoms. The highest BCUT2D eigenvalue weighted by molar-refractivity contribution is 7.89. The van der Waals surface area contributed by atoms with Crippen molar-refractivity contribution in [2.45, 2.75) is 37.6 Å². The van der Waals surface area contributed by atoms with Crippen molar-refractivity contribution in [3.05, 3.63) is 12.0 Å². The van der Waals surface area contributed by atoms with E-state index in [9.17, 15) is 13.2 Å². The third kappa shape index (κ3) is 4.57. The number of halogens is 1. The van der Waals surface area contributed by atoms with Crippen LogP contribution in [0.25, 0.3) is 0 Å². The maximum atomic E-state index is 12.3. The first-order chi connectivity index (χ1) is 11.8. The van der Waals surface area contributed by atoms with Gasteiger partial charge in [-0.15, -0.1) is 12.4 Å². The van der Waals surface area contributed by atoms with Crippen molar-refractivity contribution in [3.63, 3.8) is 0 Å². The van der Waals surface area contributed by atoms with Crippen LogP contribution in [0.4, 0.5) is 0 Å². The molecule has 10 heteroatoms. The van der Waals surface area contributed by atoms with Gasteiger partial charge in [-0.05, 0) is 38.1 Å². The molecular weight excluding hydrogens is 378 g/mol. The van der Waals surface area contributed by atoms with Crippen LogP contribution in [0.2, 0.25) is 0 Å². The molecule has 0 atom stereocenters. The monoisotopic (exact) mass is 405 g/mol. The summed E-state index contributed by atoms with van der Waals surface area (Å²) in [4.78, 5) is 18.2. The second-order valence-electron chi connectivity index (χ2n) is 7.19. The highest BCUT2D eigenvalue weighted by Crippen LogP contribution is 2.36. The van der Waals surface area contributed by atoms with E-state index in [2.05, 4.69) is 15.0 Å². The van der Waals surface area contributed by atoms with Gasteiger partial charge in [0.25, 0.3) is 10.0 Å². The summed E-state index contributed by atoms with van der Waals surface area (Å²) in [7, 11) is -1.92. The molecule has 0 aromatic carbocycles. The van der Waals surface area contributed by atoms with Crippen molar-refractivity contribution < 1.29 is 13.2 Å². The molecule has 8 nitrogen and oxygen atoms in total. The Labute approximate surface area is 161 Å². The fourth-order valence-corrected chi connectivity index (χ4v) is 4.70. The molecule has 0 bridgehead atoms. The summed E-state index contributed by atoms with van der Waals surface area (Å²) in [5.41, 5.74) is 0.370. The molecule has 0 saturated carbocycles. The van der Waals surface area contributed by atoms with Crippen LogP contribution >= 0.6 is 12.4 Å². The third-order valence-electron chi connectivity index (χ3n) is 5.50. The largest absolute Gasteiger partial charge is 0.343 e. The van der Waals surface area contributed by atoms with E-state index in [1.54, 1.807) is 18.5 Å². The van der Waals surface area contributed by atoms with Gasteiger partial charge in [0.05, 0.1) is 0 Å². The molecule has 3 rings (SSSR count). The van der Waals surface area contributed by atoms with Crippen LogP contribution < -0.4 is 10.0 Å². The summed E-state index contributed by atoms with van der Waals surface area (Å²) in [5.74, 6) is 0.640. The number of rotatable bonds is 5. The second kappa shape index (κ2) is 8.24. The van der Waals surface area contributed by atoms with Gasteiger partial charge in [-0.3, -0.25) is 4.79 Å². The Hall–Kier alpha value is -1.16. The predicted octanol–water partition coefficient (Wildman–Crippen LogP) is 0.421. The number of nitrogens with zero attached hydrogens (tertiary/aromatic N) is 3. The van der Waals surface area contributed by atoms with E-state index in [1.165, 1.54) is 12.6 Å². The normalized spacial score (nSPS) is 19.5. The third-order valence-corrected chi connectivity index (χ3v) is 6.83. The van der Waals surface area contributed by atoms with Gasteiger partial charge in [-0.25, -0.2) is 18.1 Å². The maximum Gasteiger partial charge on any atom is 0.259 e. The van der Waals surface area contributed by atoms with E-state index < -0.39 is 10.0 Å². The standard InChI is InChI=1S/C16H27N5O3S.ClH/c1-13-19-14(11-20(13)2)25(23,24)18-7-3-15(22)21-9-5-16(6-10-21)4-8-17-12-16;/h11,17-18H,3-10,12H2,1-2H3;1H. The number of piperidine rings is 1. The van der Waals surface area contributed by atoms with E-state index >= 15 is 0 Å². The Balaban J connectivity index is 0.00000243. The topological polar surface area (TPSA) is 96.3 Å². The zero-order valence-electron chi connectivity index (χ0n) is 15.3. The Morgan fingerprint density at radius 1 is 1.35 bits per heavy atom. The lowest BCUT2D eigenvalue weighted by Gasteiger charge is -2.39. The number of carbonyl (C=O) groups excluding carboxylic acids is 1. The first-order valence-corrected chi connectivity index (χ1v) is 10.3. The molecule has 2 fully saturated rings. The molecule has 1 amide bonds. The number of amides is 1. The molecule has 1 aromatic heterocycles. The van der Waals surface area contributed by atoms with Crippen LogP contribution in [0.1, 0.15) is 31.5 Å². The van der Waals surface area contributed by atoms with E-state index in [4.69, 9.17) is 0 Å². The minimum atomic E-state index is -3.67. The highest BCUT2D eigenvalue weighted by atomic mass is 35.5. The number of aromatic nitrogens is 2. The quantitative estimate of drug-likeness (QED) is 0.740. The summed E-state index contributed by atoms with van der Waals surface area (Å²) in [6.45, 7) is 5.51. The first-order valence-electron chi connectivity index (χ1n) is 8.80. The number of hydrogen-bond donors (Lipinski definition) is 2. The molecule has 1 aromatic rings. The van der Waals surface area contributed by atoms with Gasteiger partial charge in [-0.2, -0.15) is 0 Å². The second-order valence-corrected chi connectivity index (χ2v) is 8.91. The highest BCUT2D eigenvalue weighted by Gasteiger charge is 2.37. The lowest BCUT2D eigenvalue weighted by Crippen LogP contribution is -2.44. The van der Waals surface area contributed by atoms with Crippen molar-refractivity contribution >= 4 is 28.3 Å². The molecular formula is C16H28ClN5O3S. The SMILES string of the molecule is Cc1nc(S(=O)(=O)NCCC(=O)N2CCC3(CCNC3)CC2)cn1C.Cl. The molecule has 0 radical (unpaired) electrons. The van der Waals surface area contributed by atoms with Gasteiger partial charge in [-0.1, -0.05) is 0 Å². The lowest BCUT2D eigenvalue weighted by molar-refractivity contribution is -0.133. The molecule has 2 aliphatic rings. The van der Waals surface area contributed by atoms with Crippen molar-refractivity contribution in [1.29, 1.82) is 0 Å². The van der Waals surface area contributed by atoms with Crippen molar-refractivity contribution in [1.82, 2.24) is 24.5 Å². The number of likely N-dealkylation sites (tertiary alicyclic amines) is 1. The number of hydrogen-bond acceptors (Lipinski definition) is 5. The number of aryl methyl sites for hydroxylation is 2. The molecule has 2 saturated heterocycles. The van der Waals surface area contributed by atoms with Gasteiger partial charge >= 0.3 is 0 Å². The number of sulfonamides is 1. The van der Waals surface area contributed by atoms with Crippen molar-refractivity contribution in [2.75, 3.05) is 32.7 Å². The number of carbonyl (C=O) groups is 1. The minimum absolute atomic E-state index is 0. The summed E-state index contributed by atoms with van der Waals surface area (Å²) < 4.78 is 28.5. The fourth-order valence-electron chi connectivity index (χ4n) is 3.63. The zero-order chi connectivity index (χ0) is 18.1. The summed E-state index contributed by atoms with van der Waals surface area (Å²) in [6.07, 6.45) is 4.91. The molecule has 2 aliphatic heterocycles. The number of imidazole rings is 1. The van der Waals surface area contributed by atoms with Gasteiger partial charge in [0.15, 0.2) is 5.03 Å². The van der Waals surface area contributed by atoms with Crippen LogP contribution in [0.15, 0.2) is 11.2 Å².